The molecule has 0 aliphatic carbocycles. The average molecular weight is 246 g/mol. The number of epoxide rings is 1. The summed E-state index contributed by atoms with van der Waals surface area (Å²) >= 11 is 0. The normalized spacial score (nSPS) is 34.1. The van der Waals surface area contributed by atoms with Crippen LogP contribution in [0.2, 0.25) is 0 Å². The average Bonchev–Trinajstić information content (AvgIpc) is 3.14. The molecule has 1 aromatic rings. The molecule has 0 radical (unpaired) electrons. The highest BCUT2D eigenvalue weighted by Gasteiger charge is 2.36. The molecule has 4 heteroatoms. The molecule has 0 amide bonds. The lowest BCUT2D eigenvalue weighted by Gasteiger charge is -2.42. The quantitative estimate of drug-likeness (QED) is 0.720. The molecular formula is C14H18N2O2. The van der Waals surface area contributed by atoms with Crippen LogP contribution in [0.4, 0.5) is 0 Å². The summed E-state index contributed by atoms with van der Waals surface area (Å²) in [5.41, 5.74) is 1.40. The van der Waals surface area contributed by atoms with Crippen molar-refractivity contribution >= 4 is 0 Å². The Balaban J connectivity index is 1.63. The highest BCUT2D eigenvalue weighted by atomic mass is 16.6. The second kappa shape index (κ2) is 3.93. The SMILES string of the molecule is O=c1cccc2n1C[C@H]1C[C@@H]2CN(C[C@@H]2CO2)C1. The molecule has 1 aromatic heterocycles. The van der Waals surface area contributed by atoms with Gasteiger partial charge in [-0.1, -0.05) is 6.07 Å². The number of rotatable bonds is 2. The Bertz CT molecular complexity index is 521. The summed E-state index contributed by atoms with van der Waals surface area (Å²) in [6.45, 7) is 5.11. The van der Waals surface area contributed by atoms with Crippen molar-refractivity contribution in [1.82, 2.24) is 9.47 Å². The number of hydrogen-bond donors (Lipinski definition) is 0. The molecule has 0 unspecified atom stereocenters. The topological polar surface area (TPSA) is 37.8 Å². The van der Waals surface area contributed by atoms with Gasteiger partial charge in [-0.2, -0.15) is 0 Å². The van der Waals surface area contributed by atoms with Crippen molar-refractivity contribution in [1.29, 1.82) is 0 Å². The van der Waals surface area contributed by atoms with Crippen LogP contribution in [0, 0.1) is 5.92 Å². The van der Waals surface area contributed by atoms with Gasteiger partial charge in [-0.25, -0.2) is 0 Å². The lowest BCUT2D eigenvalue weighted by Crippen LogP contribution is -2.47. The number of likely N-dealkylation sites (tertiary alicyclic amines) is 1. The molecule has 0 aromatic carbocycles. The van der Waals surface area contributed by atoms with Crippen molar-refractivity contribution in [3.8, 4) is 0 Å². The molecule has 4 nitrogen and oxygen atoms in total. The molecule has 3 atom stereocenters. The summed E-state index contributed by atoms with van der Waals surface area (Å²) in [6, 6.07) is 5.71. The van der Waals surface area contributed by atoms with Gasteiger partial charge in [-0.05, 0) is 18.4 Å². The Morgan fingerprint density at radius 3 is 3.00 bits per heavy atom. The Morgan fingerprint density at radius 1 is 1.28 bits per heavy atom. The van der Waals surface area contributed by atoms with Gasteiger partial charge in [-0.3, -0.25) is 9.69 Å². The van der Waals surface area contributed by atoms with Gasteiger partial charge in [0.2, 0.25) is 0 Å². The number of aromatic nitrogens is 1. The fraction of sp³-hybridized carbons (Fsp3) is 0.643. The van der Waals surface area contributed by atoms with Crippen molar-refractivity contribution in [2.75, 3.05) is 26.2 Å². The zero-order valence-corrected chi connectivity index (χ0v) is 10.4. The van der Waals surface area contributed by atoms with Crippen LogP contribution in [-0.2, 0) is 11.3 Å². The van der Waals surface area contributed by atoms with E-state index in [-0.39, 0.29) is 5.56 Å². The largest absolute Gasteiger partial charge is 0.372 e. The number of hydrogen-bond acceptors (Lipinski definition) is 3. The monoisotopic (exact) mass is 246 g/mol. The van der Waals surface area contributed by atoms with Crippen LogP contribution in [0.25, 0.3) is 0 Å². The van der Waals surface area contributed by atoms with E-state index in [0.29, 0.717) is 17.9 Å². The first-order valence-corrected chi connectivity index (χ1v) is 6.83. The summed E-state index contributed by atoms with van der Waals surface area (Å²) in [7, 11) is 0. The van der Waals surface area contributed by atoms with Crippen LogP contribution in [0.3, 0.4) is 0 Å². The number of ether oxygens (including phenoxy) is 1. The van der Waals surface area contributed by atoms with E-state index < -0.39 is 0 Å². The standard InChI is InChI=1S/C14H18N2O2/c17-14-3-1-2-13-11-4-10(6-16(13)14)5-15(7-11)8-12-9-18-12/h1-3,10-12H,4-9H2/t10-,11+,12+/m0/s1. The van der Waals surface area contributed by atoms with Crippen molar-refractivity contribution in [3.63, 3.8) is 0 Å². The molecule has 3 aliphatic heterocycles. The summed E-state index contributed by atoms with van der Waals surface area (Å²) in [4.78, 5) is 14.4. The fourth-order valence-electron chi connectivity index (χ4n) is 3.61. The summed E-state index contributed by atoms with van der Waals surface area (Å²) in [5.74, 6) is 1.17. The summed E-state index contributed by atoms with van der Waals surface area (Å²) < 4.78 is 7.31. The van der Waals surface area contributed by atoms with Crippen LogP contribution in [0.1, 0.15) is 18.0 Å². The van der Waals surface area contributed by atoms with E-state index in [1.54, 1.807) is 6.07 Å². The Hall–Kier alpha value is -1.13. The maximum atomic E-state index is 11.9. The predicted molar refractivity (Wildman–Crippen MR) is 67.7 cm³/mol. The Labute approximate surface area is 106 Å². The minimum Gasteiger partial charge on any atom is -0.372 e. The van der Waals surface area contributed by atoms with Crippen molar-refractivity contribution in [2.24, 2.45) is 5.92 Å². The molecule has 18 heavy (non-hydrogen) atoms. The fourth-order valence-corrected chi connectivity index (χ4v) is 3.61. The van der Waals surface area contributed by atoms with Gasteiger partial charge < -0.3 is 9.30 Å². The van der Waals surface area contributed by atoms with E-state index in [1.807, 2.05) is 10.6 Å². The van der Waals surface area contributed by atoms with E-state index in [0.717, 1.165) is 32.8 Å². The third-order valence-corrected chi connectivity index (χ3v) is 4.42. The molecule has 4 heterocycles. The van der Waals surface area contributed by atoms with Crippen LogP contribution in [-0.4, -0.2) is 41.8 Å². The van der Waals surface area contributed by atoms with E-state index >= 15 is 0 Å². The molecule has 2 saturated heterocycles. The third kappa shape index (κ3) is 1.80. The van der Waals surface area contributed by atoms with E-state index in [1.165, 1.54) is 12.1 Å². The van der Waals surface area contributed by atoms with Gasteiger partial charge in [0.15, 0.2) is 0 Å². The number of fused-ring (bicyclic) bond motifs is 4. The molecule has 0 N–H and O–H groups in total. The Kier molecular flexibility index (Phi) is 2.35. The second-order valence-corrected chi connectivity index (χ2v) is 5.87. The lowest BCUT2D eigenvalue weighted by molar-refractivity contribution is 0.112. The molecule has 4 rings (SSSR count). The molecule has 2 bridgehead atoms. The van der Waals surface area contributed by atoms with Crippen LogP contribution >= 0.6 is 0 Å². The van der Waals surface area contributed by atoms with Gasteiger partial charge in [-0.15, -0.1) is 0 Å². The van der Waals surface area contributed by atoms with Crippen molar-refractivity contribution < 1.29 is 4.74 Å². The maximum Gasteiger partial charge on any atom is 0.250 e. The van der Waals surface area contributed by atoms with Crippen LogP contribution in [0.15, 0.2) is 23.0 Å². The van der Waals surface area contributed by atoms with Crippen molar-refractivity contribution in [3.05, 3.63) is 34.2 Å². The molecule has 96 valence electrons. The van der Waals surface area contributed by atoms with Gasteiger partial charge in [0.05, 0.1) is 12.7 Å². The van der Waals surface area contributed by atoms with E-state index in [9.17, 15) is 4.79 Å². The van der Waals surface area contributed by atoms with E-state index in [4.69, 9.17) is 4.74 Å². The van der Waals surface area contributed by atoms with E-state index in [2.05, 4.69) is 11.0 Å². The summed E-state index contributed by atoms with van der Waals surface area (Å²) in [5, 5.41) is 0. The summed E-state index contributed by atoms with van der Waals surface area (Å²) in [6.07, 6.45) is 1.72. The lowest BCUT2D eigenvalue weighted by atomic mass is 9.83. The molecule has 0 saturated carbocycles. The first-order chi connectivity index (χ1) is 8.79. The zero-order chi connectivity index (χ0) is 12.1. The van der Waals surface area contributed by atoms with Gasteiger partial charge in [0.25, 0.3) is 5.56 Å². The second-order valence-electron chi connectivity index (χ2n) is 5.87. The Morgan fingerprint density at radius 2 is 2.17 bits per heavy atom. The van der Waals surface area contributed by atoms with Crippen molar-refractivity contribution in [2.45, 2.75) is 25.0 Å². The predicted octanol–water partition coefficient (Wildman–Crippen LogP) is 0.666. The van der Waals surface area contributed by atoms with Crippen LogP contribution < -0.4 is 5.56 Å². The zero-order valence-electron chi connectivity index (χ0n) is 10.4. The van der Waals surface area contributed by atoms with Gasteiger partial charge in [0.1, 0.15) is 0 Å². The van der Waals surface area contributed by atoms with Crippen LogP contribution in [0.5, 0.6) is 0 Å². The number of pyridine rings is 1. The smallest absolute Gasteiger partial charge is 0.250 e. The number of piperidine rings is 1. The maximum absolute atomic E-state index is 11.9. The first kappa shape index (κ1) is 10.8. The molecule has 3 aliphatic rings. The molecular weight excluding hydrogens is 228 g/mol. The highest BCUT2D eigenvalue weighted by molar-refractivity contribution is 5.17. The first-order valence-electron chi connectivity index (χ1n) is 6.83. The highest BCUT2D eigenvalue weighted by Crippen LogP contribution is 2.35. The minimum absolute atomic E-state index is 0.168. The third-order valence-electron chi connectivity index (χ3n) is 4.42. The number of nitrogens with zero attached hydrogens (tertiary/aromatic N) is 2. The van der Waals surface area contributed by atoms with Gasteiger partial charge >= 0.3 is 0 Å². The minimum atomic E-state index is 0.168. The molecule has 2 fully saturated rings. The molecule has 0 spiro atoms. The van der Waals surface area contributed by atoms with Gasteiger partial charge in [0, 0.05) is 43.9 Å².